The second-order valence-corrected chi connectivity index (χ2v) is 8.03. The summed E-state index contributed by atoms with van der Waals surface area (Å²) < 4.78 is 44.2. The fourth-order valence-electron chi connectivity index (χ4n) is 2.71. The number of anilines is 1. The summed E-state index contributed by atoms with van der Waals surface area (Å²) in [5, 5.41) is 12.0. The molecule has 3 amide bonds. The van der Waals surface area contributed by atoms with Gasteiger partial charge in [0.1, 0.15) is 6.04 Å². The van der Waals surface area contributed by atoms with Crippen LogP contribution >= 0.6 is 11.6 Å². The fraction of sp³-hybridized carbons (Fsp3) is 0.647. The Morgan fingerprint density at radius 2 is 2.07 bits per heavy atom. The van der Waals surface area contributed by atoms with Gasteiger partial charge in [0.25, 0.3) is 0 Å². The summed E-state index contributed by atoms with van der Waals surface area (Å²) in [6, 6.07) is -2.31. The quantitative estimate of drug-likeness (QED) is 0.712. The Kier molecular flexibility index (Phi) is 6.94. The normalized spacial score (nSPS) is 18.6. The molecule has 162 valence electrons. The lowest BCUT2D eigenvalue weighted by Crippen LogP contribution is -2.40. The molecule has 1 saturated heterocycles. The molecule has 2 N–H and O–H groups in total. The number of hydrogen-bond acceptors (Lipinski definition) is 5. The minimum absolute atomic E-state index is 0.0804. The molecular formula is C17H23ClF3N5O3. The Morgan fingerprint density at radius 1 is 1.41 bits per heavy atom. The molecule has 12 heteroatoms. The van der Waals surface area contributed by atoms with Crippen LogP contribution in [0.2, 0.25) is 5.15 Å². The van der Waals surface area contributed by atoms with Crippen molar-refractivity contribution >= 4 is 29.4 Å². The molecule has 1 aromatic heterocycles. The van der Waals surface area contributed by atoms with Gasteiger partial charge in [-0.2, -0.15) is 13.2 Å². The van der Waals surface area contributed by atoms with Gasteiger partial charge in [-0.25, -0.2) is 4.79 Å². The highest BCUT2D eigenvalue weighted by Crippen LogP contribution is 2.35. The molecule has 1 unspecified atom stereocenters. The standard InChI is InChI=1S/C17H23ClF3N5O3/c1-16(2,3)14(27)23-12-7-9(13(18)25-24-12)10(5-6-29-4)26-8-11(17(19,20)21)22-15(26)28/h7,10-11H,5-6,8H2,1-4H3,(H,22,28)(H,23,24,27)/t10-,11?/m1/s1. The number of carbonyl (C=O) groups is 2. The van der Waals surface area contributed by atoms with E-state index in [9.17, 15) is 22.8 Å². The van der Waals surface area contributed by atoms with Gasteiger partial charge in [0, 0.05) is 24.7 Å². The monoisotopic (exact) mass is 437 g/mol. The zero-order valence-corrected chi connectivity index (χ0v) is 17.2. The van der Waals surface area contributed by atoms with E-state index in [1.165, 1.54) is 13.2 Å². The minimum atomic E-state index is -4.58. The Labute approximate surface area is 171 Å². The van der Waals surface area contributed by atoms with Gasteiger partial charge in [-0.05, 0) is 12.5 Å². The van der Waals surface area contributed by atoms with Crippen molar-refractivity contribution in [3.05, 3.63) is 16.8 Å². The Balaban J connectivity index is 2.36. The summed E-state index contributed by atoms with van der Waals surface area (Å²) in [5.41, 5.74) is -0.438. The first-order chi connectivity index (χ1) is 13.3. The predicted molar refractivity (Wildman–Crippen MR) is 99.4 cm³/mol. The van der Waals surface area contributed by atoms with Crippen LogP contribution in [0.15, 0.2) is 6.07 Å². The smallest absolute Gasteiger partial charge is 0.385 e. The SMILES string of the molecule is COCC[C@H](c1cc(NC(=O)C(C)(C)C)nnc1Cl)N1CC(C(F)(F)F)NC1=O. The lowest BCUT2D eigenvalue weighted by molar-refractivity contribution is -0.150. The lowest BCUT2D eigenvalue weighted by Gasteiger charge is -2.28. The fourth-order valence-corrected chi connectivity index (χ4v) is 2.93. The van der Waals surface area contributed by atoms with E-state index in [2.05, 4.69) is 15.5 Å². The van der Waals surface area contributed by atoms with Crippen LogP contribution < -0.4 is 10.6 Å². The first-order valence-corrected chi connectivity index (χ1v) is 9.19. The van der Waals surface area contributed by atoms with Crippen LogP contribution in [-0.2, 0) is 9.53 Å². The maximum absolute atomic E-state index is 13.1. The highest BCUT2D eigenvalue weighted by Gasteiger charge is 2.48. The summed E-state index contributed by atoms with van der Waals surface area (Å²) in [4.78, 5) is 25.5. The molecule has 0 saturated carbocycles. The number of nitrogens with one attached hydrogen (secondary N) is 2. The number of ether oxygens (including phenoxy) is 1. The van der Waals surface area contributed by atoms with Crippen molar-refractivity contribution in [2.75, 3.05) is 25.6 Å². The van der Waals surface area contributed by atoms with Gasteiger partial charge in [0.15, 0.2) is 11.0 Å². The molecule has 0 spiro atoms. The second-order valence-electron chi connectivity index (χ2n) is 7.67. The van der Waals surface area contributed by atoms with Crippen LogP contribution in [0, 0.1) is 5.41 Å². The molecule has 2 rings (SSSR count). The van der Waals surface area contributed by atoms with Crippen LogP contribution in [-0.4, -0.2) is 59.5 Å². The van der Waals surface area contributed by atoms with Crippen LogP contribution in [0.5, 0.6) is 0 Å². The zero-order valence-electron chi connectivity index (χ0n) is 16.4. The first kappa shape index (κ1) is 23.1. The van der Waals surface area contributed by atoms with Gasteiger partial charge in [0.05, 0.1) is 12.6 Å². The van der Waals surface area contributed by atoms with E-state index >= 15 is 0 Å². The van der Waals surface area contributed by atoms with Crippen LogP contribution in [0.1, 0.15) is 38.8 Å². The van der Waals surface area contributed by atoms with Crippen molar-refractivity contribution in [3.8, 4) is 0 Å². The Hall–Kier alpha value is -2.14. The third-order valence-corrected chi connectivity index (χ3v) is 4.66. The number of methoxy groups -OCH3 is 1. The highest BCUT2D eigenvalue weighted by molar-refractivity contribution is 6.30. The van der Waals surface area contributed by atoms with E-state index in [0.29, 0.717) is 0 Å². The molecule has 1 aliphatic heterocycles. The van der Waals surface area contributed by atoms with Gasteiger partial charge in [-0.3, -0.25) is 4.79 Å². The van der Waals surface area contributed by atoms with Crippen molar-refractivity contribution in [3.63, 3.8) is 0 Å². The maximum Gasteiger partial charge on any atom is 0.410 e. The molecule has 1 fully saturated rings. The molecule has 0 aliphatic carbocycles. The largest absolute Gasteiger partial charge is 0.410 e. The van der Waals surface area contributed by atoms with Gasteiger partial charge in [-0.1, -0.05) is 32.4 Å². The second kappa shape index (κ2) is 8.70. The number of amides is 3. The number of aromatic nitrogens is 2. The molecule has 2 heterocycles. The summed E-state index contributed by atoms with van der Waals surface area (Å²) in [5.74, 6) is -0.247. The number of alkyl halides is 3. The number of rotatable bonds is 6. The minimum Gasteiger partial charge on any atom is -0.385 e. The van der Waals surface area contributed by atoms with E-state index in [4.69, 9.17) is 16.3 Å². The summed E-state index contributed by atoms with van der Waals surface area (Å²) in [7, 11) is 1.43. The van der Waals surface area contributed by atoms with Crippen molar-refractivity contribution in [1.82, 2.24) is 20.4 Å². The number of nitrogens with zero attached hydrogens (tertiary/aromatic N) is 3. The van der Waals surface area contributed by atoms with Gasteiger partial charge >= 0.3 is 12.2 Å². The van der Waals surface area contributed by atoms with Gasteiger partial charge in [-0.15, -0.1) is 10.2 Å². The molecule has 8 nitrogen and oxygen atoms in total. The van der Waals surface area contributed by atoms with E-state index < -0.39 is 36.3 Å². The van der Waals surface area contributed by atoms with E-state index in [0.717, 1.165) is 4.90 Å². The van der Waals surface area contributed by atoms with Crippen molar-refractivity contribution in [1.29, 1.82) is 0 Å². The van der Waals surface area contributed by atoms with Gasteiger partial charge < -0.3 is 20.3 Å². The summed E-state index contributed by atoms with van der Waals surface area (Å²) >= 11 is 6.14. The maximum atomic E-state index is 13.1. The van der Waals surface area contributed by atoms with Crippen LogP contribution in [0.3, 0.4) is 0 Å². The van der Waals surface area contributed by atoms with Gasteiger partial charge in [0.2, 0.25) is 5.91 Å². The number of carbonyl (C=O) groups excluding carboxylic acids is 2. The topological polar surface area (TPSA) is 96.4 Å². The molecule has 2 atom stereocenters. The van der Waals surface area contributed by atoms with Crippen molar-refractivity contribution < 1.29 is 27.5 Å². The number of halogens is 4. The molecule has 0 radical (unpaired) electrons. The van der Waals surface area contributed by atoms with E-state index in [1.807, 2.05) is 5.32 Å². The third-order valence-electron chi connectivity index (χ3n) is 4.36. The van der Waals surface area contributed by atoms with Crippen molar-refractivity contribution in [2.24, 2.45) is 5.41 Å². The van der Waals surface area contributed by atoms with Crippen LogP contribution in [0.4, 0.5) is 23.8 Å². The van der Waals surface area contributed by atoms with Crippen molar-refractivity contribution in [2.45, 2.75) is 45.5 Å². The average molecular weight is 438 g/mol. The number of urea groups is 1. The molecule has 1 aliphatic rings. The lowest BCUT2D eigenvalue weighted by atomic mass is 9.96. The molecule has 0 bridgehead atoms. The molecule has 29 heavy (non-hydrogen) atoms. The Bertz CT molecular complexity index is 770. The first-order valence-electron chi connectivity index (χ1n) is 8.82. The highest BCUT2D eigenvalue weighted by atomic mass is 35.5. The Morgan fingerprint density at radius 3 is 2.59 bits per heavy atom. The van der Waals surface area contributed by atoms with E-state index in [-0.39, 0.29) is 35.5 Å². The zero-order chi connectivity index (χ0) is 22.0. The van der Waals surface area contributed by atoms with Crippen LogP contribution in [0.25, 0.3) is 0 Å². The number of hydrogen-bond donors (Lipinski definition) is 2. The summed E-state index contributed by atoms with van der Waals surface area (Å²) in [6.45, 7) is 4.70. The predicted octanol–water partition coefficient (Wildman–Crippen LogP) is 3.15. The molecule has 0 aromatic carbocycles. The summed E-state index contributed by atoms with van der Waals surface area (Å²) in [6.07, 6.45) is -4.41. The third kappa shape index (κ3) is 5.69. The van der Waals surface area contributed by atoms with E-state index in [1.54, 1.807) is 20.8 Å². The average Bonchev–Trinajstić information content (AvgIpc) is 2.99. The molecular weight excluding hydrogens is 415 g/mol. The molecule has 1 aromatic rings.